The van der Waals surface area contributed by atoms with Gasteiger partial charge in [0.15, 0.2) is 0 Å². The summed E-state index contributed by atoms with van der Waals surface area (Å²) in [6.45, 7) is 1.43. The van der Waals surface area contributed by atoms with E-state index in [1.54, 1.807) is 0 Å². The van der Waals surface area contributed by atoms with Crippen LogP contribution in [-0.2, 0) is 6.18 Å². The van der Waals surface area contributed by atoms with Crippen molar-refractivity contribution in [2.24, 2.45) is 0 Å². The Kier molecular flexibility index (Phi) is 1.89. The fourth-order valence-corrected chi connectivity index (χ4v) is 0.814. The summed E-state index contributed by atoms with van der Waals surface area (Å²) in [5, 5.41) is 0. The SMILES string of the molecule is Cc1cc[c]cc1C(F)(F)F.[H+]. The Bertz CT molecular complexity index is 255. The van der Waals surface area contributed by atoms with Gasteiger partial charge in [0.2, 0.25) is 0 Å². The molecule has 11 heavy (non-hydrogen) atoms. The van der Waals surface area contributed by atoms with E-state index in [4.69, 9.17) is 0 Å². The molecule has 0 heterocycles. The van der Waals surface area contributed by atoms with Crippen molar-refractivity contribution in [1.29, 1.82) is 0 Å². The van der Waals surface area contributed by atoms with E-state index in [1.807, 2.05) is 0 Å². The first-order valence-corrected chi connectivity index (χ1v) is 3.05. The van der Waals surface area contributed by atoms with Crippen LogP contribution in [0.5, 0.6) is 0 Å². The summed E-state index contributed by atoms with van der Waals surface area (Å²) in [5.74, 6) is 0. The molecule has 59 valence electrons. The molecule has 1 rings (SSSR count). The van der Waals surface area contributed by atoms with Crippen molar-refractivity contribution in [3.8, 4) is 0 Å². The molecule has 0 nitrogen and oxygen atoms in total. The quantitative estimate of drug-likeness (QED) is 0.547. The smallest absolute Gasteiger partial charge is 0.166 e. The first-order valence-electron chi connectivity index (χ1n) is 3.05. The standard InChI is InChI=1S/C8H6F3/c1-6-4-2-3-5-7(6)8(9,10)11/h2,4-5H,1H3/p+1. The van der Waals surface area contributed by atoms with Crippen LogP contribution in [0, 0.1) is 13.0 Å². The number of alkyl halides is 3. The molecule has 0 aliphatic rings. The van der Waals surface area contributed by atoms with Crippen molar-refractivity contribution in [3.63, 3.8) is 0 Å². The molecule has 0 bridgehead atoms. The lowest BCUT2D eigenvalue weighted by Gasteiger charge is -2.08. The van der Waals surface area contributed by atoms with E-state index in [0.29, 0.717) is 0 Å². The zero-order valence-corrected chi connectivity index (χ0v) is 5.87. The second-order valence-corrected chi connectivity index (χ2v) is 2.24. The second-order valence-electron chi connectivity index (χ2n) is 2.24. The zero-order chi connectivity index (χ0) is 8.48. The van der Waals surface area contributed by atoms with E-state index in [2.05, 4.69) is 6.07 Å². The van der Waals surface area contributed by atoms with Gasteiger partial charge in [-0.15, -0.1) is 0 Å². The lowest BCUT2D eigenvalue weighted by molar-refractivity contribution is -0.138. The van der Waals surface area contributed by atoms with Crippen LogP contribution in [0.15, 0.2) is 18.2 Å². The molecule has 1 aromatic rings. The van der Waals surface area contributed by atoms with Gasteiger partial charge in [-0.25, -0.2) is 0 Å². The van der Waals surface area contributed by atoms with Crippen LogP contribution in [0.2, 0.25) is 0 Å². The average Bonchev–Trinajstić information content (AvgIpc) is 1.86. The summed E-state index contributed by atoms with van der Waals surface area (Å²) in [6, 6.07) is 6.20. The van der Waals surface area contributed by atoms with Gasteiger partial charge in [-0.2, -0.15) is 13.2 Å². The van der Waals surface area contributed by atoms with Gasteiger partial charge in [0.05, 0.1) is 5.56 Å². The normalized spacial score (nSPS) is 11.6. The van der Waals surface area contributed by atoms with Gasteiger partial charge in [0.1, 0.15) is 0 Å². The van der Waals surface area contributed by atoms with Crippen molar-refractivity contribution in [3.05, 3.63) is 35.4 Å². The Morgan fingerprint density at radius 2 is 2.09 bits per heavy atom. The Balaban J connectivity index is 0.00000121. The number of benzene rings is 1. The van der Waals surface area contributed by atoms with E-state index in [1.165, 1.54) is 19.1 Å². The number of halogens is 3. The topological polar surface area (TPSA) is 0 Å². The molecule has 0 atom stereocenters. The Labute approximate surface area is 64.1 Å². The molecular weight excluding hydrogens is 153 g/mol. The molecule has 0 N–H and O–H groups in total. The molecule has 0 aliphatic carbocycles. The number of hydrogen-bond donors (Lipinski definition) is 0. The molecule has 0 saturated heterocycles. The van der Waals surface area contributed by atoms with Gasteiger partial charge >= 0.3 is 7.60 Å². The van der Waals surface area contributed by atoms with Gasteiger partial charge in [-0.3, -0.25) is 0 Å². The van der Waals surface area contributed by atoms with Gasteiger partial charge < -0.3 is 0 Å². The van der Waals surface area contributed by atoms with E-state index < -0.39 is 11.7 Å². The summed E-state index contributed by atoms with van der Waals surface area (Å²) in [4.78, 5) is 0. The fraction of sp³-hybridized carbons (Fsp3) is 0.250. The predicted octanol–water partition coefficient (Wildman–Crippen LogP) is 2.93. The van der Waals surface area contributed by atoms with E-state index in [0.717, 1.165) is 6.07 Å². The van der Waals surface area contributed by atoms with Crippen molar-refractivity contribution in [2.75, 3.05) is 0 Å². The minimum atomic E-state index is -4.25. The first kappa shape index (κ1) is 8.11. The van der Waals surface area contributed by atoms with Gasteiger partial charge in [-0.1, -0.05) is 12.1 Å². The molecule has 3 heteroatoms. The van der Waals surface area contributed by atoms with Crippen LogP contribution in [0.1, 0.15) is 12.6 Å². The highest BCUT2D eigenvalue weighted by Gasteiger charge is 2.31. The highest BCUT2D eigenvalue weighted by atomic mass is 19.4. The first-order chi connectivity index (χ1) is 5.02. The molecule has 0 saturated carbocycles. The maximum atomic E-state index is 12.0. The van der Waals surface area contributed by atoms with Crippen LogP contribution >= 0.6 is 0 Å². The molecule has 0 aliphatic heterocycles. The Morgan fingerprint density at radius 1 is 1.45 bits per heavy atom. The van der Waals surface area contributed by atoms with Crippen LogP contribution in [0.4, 0.5) is 13.2 Å². The maximum absolute atomic E-state index is 12.0. The highest BCUT2D eigenvalue weighted by Crippen LogP contribution is 2.30. The zero-order valence-electron chi connectivity index (χ0n) is 6.87. The van der Waals surface area contributed by atoms with Crippen molar-refractivity contribution in [2.45, 2.75) is 13.1 Å². The lowest BCUT2D eigenvalue weighted by atomic mass is 10.1. The summed E-state index contributed by atoms with van der Waals surface area (Å²) in [5.41, 5.74) is -0.378. The van der Waals surface area contributed by atoms with Gasteiger partial charge in [-0.05, 0) is 24.6 Å². The van der Waals surface area contributed by atoms with Crippen molar-refractivity contribution < 1.29 is 14.6 Å². The third-order valence-electron chi connectivity index (χ3n) is 1.39. The van der Waals surface area contributed by atoms with Crippen LogP contribution in [0.25, 0.3) is 0 Å². The molecule has 0 unspecified atom stereocenters. The molecule has 0 aromatic heterocycles. The summed E-state index contributed by atoms with van der Waals surface area (Å²) in [6.07, 6.45) is -4.25. The molecule has 1 aromatic carbocycles. The molecule has 0 fully saturated rings. The molecule has 1 radical (unpaired) electrons. The highest BCUT2D eigenvalue weighted by molar-refractivity contribution is 5.27. The van der Waals surface area contributed by atoms with Crippen LogP contribution in [-0.4, -0.2) is 0 Å². The predicted molar refractivity (Wildman–Crippen MR) is 36.1 cm³/mol. The summed E-state index contributed by atoms with van der Waals surface area (Å²) in [7, 11) is 0. The molecule has 0 spiro atoms. The average molecular weight is 160 g/mol. The van der Waals surface area contributed by atoms with Crippen molar-refractivity contribution >= 4 is 0 Å². The summed E-state index contributed by atoms with van der Waals surface area (Å²) < 4.78 is 36.1. The van der Waals surface area contributed by atoms with Crippen LogP contribution in [0.3, 0.4) is 0 Å². The van der Waals surface area contributed by atoms with Crippen molar-refractivity contribution in [1.82, 2.24) is 0 Å². The van der Waals surface area contributed by atoms with E-state index >= 15 is 0 Å². The third kappa shape index (κ3) is 1.73. The Hall–Kier alpha value is -0.990. The minimum absolute atomic E-state index is 0. The number of rotatable bonds is 0. The van der Waals surface area contributed by atoms with Gasteiger partial charge in [0, 0.05) is 0 Å². The lowest BCUT2D eigenvalue weighted by Crippen LogP contribution is -2.06. The molecule has 0 amide bonds. The second kappa shape index (κ2) is 2.57. The minimum Gasteiger partial charge on any atom is -0.166 e. The fourth-order valence-electron chi connectivity index (χ4n) is 0.814. The van der Waals surface area contributed by atoms with Crippen LogP contribution < -0.4 is 0 Å². The number of hydrogen-bond acceptors (Lipinski definition) is 0. The van der Waals surface area contributed by atoms with Gasteiger partial charge in [0.25, 0.3) is 0 Å². The maximum Gasteiger partial charge on any atom is 1.00 e. The monoisotopic (exact) mass is 160 g/mol. The molecular formula is C8H7F3+. The van der Waals surface area contributed by atoms with E-state index in [-0.39, 0.29) is 6.99 Å². The number of aryl methyl sites for hydroxylation is 1. The third-order valence-corrected chi connectivity index (χ3v) is 1.39. The largest absolute Gasteiger partial charge is 1.00 e. The Morgan fingerprint density at radius 3 is 2.45 bits per heavy atom. The van der Waals surface area contributed by atoms with E-state index in [9.17, 15) is 13.2 Å². The summed E-state index contributed by atoms with van der Waals surface area (Å²) >= 11 is 0.